The molecule has 2 aromatic rings. The third kappa shape index (κ3) is 3.40. The number of nitrogens with one attached hydrogen (secondary N) is 2. The van der Waals surface area contributed by atoms with E-state index in [1.807, 2.05) is 0 Å². The van der Waals surface area contributed by atoms with Gasteiger partial charge in [-0.15, -0.1) is 0 Å². The summed E-state index contributed by atoms with van der Waals surface area (Å²) in [6.07, 6.45) is 0. The monoisotopic (exact) mass is 359 g/mol. The van der Waals surface area contributed by atoms with E-state index in [0.717, 1.165) is 25.7 Å². The van der Waals surface area contributed by atoms with Crippen LogP contribution in [0.4, 0.5) is 14.5 Å². The molecule has 2 heterocycles. The van der Waals surface area contributed by atoms with E-state index in [9.17, 15) is 13.6 Å². The van der Waals surface area contributed by atoms with Crippen LogP contribution in [0.15, 0.2) is 36.4 Å². The van der Waals surface area contributed by atoms with E-state index in [1.54, 1.807) is 18.2 Å². The Labute approximate surface area is 149 Å². The lowest BCUT2D eigenvalue weighted by atomic mass is 10.0. The molecule has 0 saturated carbocycles. The molecular weight excluding hydrogens is 340 g/mol. The summed E-state index contributed by atoms with van der Waals surface area (Å²) >= 11 is 0. The second-order valence-electron chi connectivity index (χ2n) is 6.52. The van der Waals surface area contributed by atoms with Crippen LogP contribution in [0.25, 0.3) is 11.1 Å². The van der Waals surface area contributed by atoms with E-state index >= 15 is 0 Å². The molecule has 1 saturated heterocycles. The second kappa shape index (κ2) is 7.01. The highest BCUT2D eigenvalue weighted by Crippen LogP contribution is 2.33. The Morgan fingerprint density at radius 3 is 2.88 bits per heavy atom. The molecule has 1 fully saturated rings. The highest BCUT2D eigenvalue weighted by molar-refractivity contribution is 5.94. The molecule has 2 N–H and O–H groups in total. The zero-order valence-corrected chi connectivity index (χ0v) is 14.1. The number of rotatable bonds is 1. The van der Waals surface area contributed by atoms with Crippen molar-refractivity contribution in [1.29, 1.82) is 0 Å². The van der Waals surface area contributed by atoms with Crippen LogP contribution in [0.5, 0.6) is 5.75 Å². The molecule has 0 radical (unpaired) electrons. The molecule has 1 atom stereocenters. The van der Waals surface area contributed by atoms with Crippen molar-refractivity contribution >= 4 is 11.6 Å². The first-order valence-electron chi connectivity index (χ1n) is 8.57. The molecule has 1 amide bonds. The van der Waals surface area contributed by atoms with Crippen LogP contribution in [0.3, 0.4) is 0 Å². The number of ether oxygens (including phenoxy) is 1. The largest absolute Gasteiger partial charge is 0.490 e. The Morgan fingerprint density at radius 1 is 1.15 bits per heavy atom. The molecular formula is C19H19F2N3O2. The number of fused-ring (bicyclic) bond motifs is 2. The van der Waals surface area contributed by atoms with Gasteiger partial charge in [0.05, 0.1) is 18.3 Å². The van der Waals surface area contributed by atoms with Crippen molar-refractivity contribution in [2.45, 2.75) is 6.04 Å². The number of hydrogen-bond donors (Lipinski definition) is 2. The van der Waals surface area contributed by atoms with Gasteiger partial charge in [-0.05, 0) is 29.8 Å². The first kappa shape index (κ1) is 16.9. The Kier molecular flexibility index (Phi) is 4.57. The van der Waals surface area contributed by atoms with Crippen LogP contribution in [0.1, 0.15) is 0 Å². The van der Waals surface area contributed by atoms with Gasteiger partial charge in [0, 0.05) is 31.3 Å². The Morgan fingerprint density at radius 2 is 2.04 bits per heavy atom. The minimum Gasteiger partial charge on any atom is -0.490 e. The Bertz CT molecular complexity index is 844. The Hall–Kier alpha value is -2.51. The SMILES string of the molecule is O=C1CN2CCNC[C@@H]2COc2ccc(-c3ccc(F)cc3F)cc2N1. The fourth-order valence-corrected chi connectivity index (χ4v) is 3.38. The summed E-state index contributed by atoms with van der Waals surface area (Å²) in [5.41, 5.74) is 1.30. The molecule has 2 aliphatic heterocycles. The van der Waals surface area contributed by atoms with E-state index in [4.69, 9.17) is 4.74 Å². The van der Waals surface area contributed by atoms with Crippen LogP contribution in [0, 0.1) is 11.6 Å². The van der Waals surface area contributed by atoms with Crippen LogP contribution < -0.4 is 15.4 Å². The van der Waals surface area contributed by atoms with Crippen molar-refractivity contribution in [3.63, 3.8) is 0 Å². The number of benzene rings is 2. The van der Waals surface area contributed by atoms with Gasteiger partial charge in [-0.3, -0.25) is 9.69 Å². The van der Waals surface area contributed by atoms with E-state index in [0.29, 0.717) is 23.6 Å². The average molecular weight is 359 g/mol. The predicted molar refractivity (Wildman–Crippen MR) is 94.1 cm³/mol. The van der Waals surface area contributed by atoms with Gasteiger partial charge in [-0.2, -0.15) is 0 Å². The normalized spacial score (nSPS) is 20.7. The van der Waals surface area contributed by atoms with Crippen molar-refractivity contribution in [2.24, 2.45) is 0 Å². The highest BCUT2D eigenvalue weighted by Gasteiger charge is 2.27. The van der Waals surface area contributed by atoms with E-state index in [2.05, 4.69) is 15.5 Å². The summed E-state index contributed by atoms with van der Waals surface area (Å²) in [5, 5.41) is 6.16. The van der Waals surface area contributed by atoms with Crippen molar-refractivity contribution in [2.75, 3.05) is 38.1 Å². The number of piperazine rings is 1. The number of hydrogen-bond acceptors (Lipinski definition) is 4. The zero-order chi connectivity index (χ0) is 18.1. The van der Waals surface area contributed by atoms with Crippen molar-refractivity contribution in [3.8, 4) is 16.9 Å². The predicted octanol–water partition coefficient (Wildman–Crippen LogP) is 2.24. The van der Waals surface area contributed by atoms with Gasteiger partial charge in [0.1, 0.15) is 24.0 Å². The maximum atomic E-state index is 14.1. The molecule has 2 aliphatic rings. The lowest BCUT2D eigenvalue weighted by molar-refractivity contribution is -0.118. The van der Waals surface area contributed by atoms with Crippen molar-refractivity contribution in [3.05, 3.63) is 48.0 Å². The fraction of sp³-hybridized carbons (Fsp3) is 0.316. The van der Waals surface area contributed by atoms with E-state index in [1.165, 1.54) is 12.1 Å². The topological polar surface area (TPSA) is 53.6 Å². The molecule has 0 spiro atoms. The highest BCUT2D eigenvalue weighted by atomic mass is 19.1. The summed E-state index contributed by atoms with van der Waals surface area (Å²) in [7, 11) is 0. The number of nitrogens with zero attached hydrogens (tertiary/aromatic N) is 1. The summed E-state index contributed by atoms with van der Waals surface area (Å²) in [6.45, 7) is 3.12. The standard InChI is InChI=1S/C19H19F2N3O2/c20-13-2-3-15(16(21)8-13)12-1-4-18-17(7-12)23-19(25)10-24-6-5-22-9-14(24)11-26-18/h1-4,7-8,14,22H,5-6,9-11H2,(H,23,25)/t14-/m1/s1. The molecule has 7 heteroatoms. The van der Waals surface area contributed by atoms with Gasteiger partial charge in [0.25, 0.3) is 0 Å². The van der Waals surface area contributed by atoms with Crippen molar-refractivity contribution in [1.82, 2.24) is 10.2 Å². The molecule has 4 rings (SSSR count). The van der Waals surface area contributed by atoms with Crippen LogP contribution in [-0.4, -0.2) is 49.6 Å². The van der Waals surface area contributed by atoms with Crippen LogP contribution >= 0.6 is 0 Å². The first-order chi connectivity index (χ1) is 12.6. The maximum absolute atomic E-state index is 14.1. The molecule has 5 nitrogen and oxygen atoms in total. The summed E-state index contributed by atoms with van der Waals surface area (Å²) < 4.78 is 33.2. The van der Waals surface area contributed by atoms with Gasteiger partial charge >= 0.3 is 0 Å². The fourth-order valence-electron chi connectivity index (χ4n) is 3.38. The number of amides is 1. The van der Waals surface area contributed by atoms with Gasteiger partial charge in [0.2, 0.25) is 5.91 Å². The molecule has 0 aliphatic carbocycles. The third-order valence-corrected chi connectivity index (χ3v) is 4.75. The van der Waals surface area contributed by atoms with E-state index in [-0.39, 0.29) is 24.1 Å². The maximum Gasteiger partial charge on any atom is 0.238 e. The molecule has 0 bridgehead atoms. The lowest BCUT2D eigenvalue weighted by Crippen LogP contribution is -2.55. The summed E-state index contributed by atoms with van der Waals surface area (Å²) in [4.78, 5) is 14.5. The van der Waals surface area contributed by atoms with Crippen LogP contribution in [0.2, 0.25) is 0 Å². The smallest absolute Gasteiger partial charge is 0.238 e. The molecule has 0 unspecified atom stereocenters. The first-order valence-corrected chi connectivity index (χ1v) is 8.57. The minimum atomic E-state index is -0.650. The second-order valence-corrected chi connectivity index (χ2v) is 6.52. The number of carbonyl (C=O) groups is 1. The number of carbonyl (C=O) groups excluding carboxylic acids is 1. The van der Waals surface area contributed by atoms with Crippen molar-refractivity contribution < 1.29 is 18.3 Å². The van der Waals surface area contributed by atoms with Gasteiger partial charge < -0.3 is 15.4 Å². The van der Waals surface area contributed by atoms with E-state index < -0.39 is 11.6 Å². The molecule has 2 aromatic carbocycles. The lowest BCUT2D eigenvalue weighted by Gasteiger charge is -2.34. The number of halogens is 2. The molecule has 136 valence electrons. The minimum absolute atomic E-state index is 0.120. The van der Waals surface area contributed by atoms with Gasteiger partial charge in [-0.25, -0.2) is 8.78 Å². The van der Waals surface area contributed by atoms with Gasteiger partial charge in [0.15, 0.2) is 0 Å². The summed E-state index contributed by atoms with van der Waals surface area (Å²) in [5.74, 6) is -0.878. The summed E-state index contributed by atoms with van der Waals surface area (Å²) in [6, 6.07) is 8.63. The number of anilines is 1. The quantitative estimate of drug-likeness (QED) is 0.820. The van der Waals surface area contributed by atoms with Gasteiger partial charge in [-0.1, -0.05) is 6.07 Å². The molecule has 26 heavy (non-hydrogen) atoms. The zero-order valence-electron chi connectivity index (χ0n) is 14.1. The average Bonchev–Trinajstić information content (AvgIpc) is 2.68. The third-order valence-electron chi connectivity index (χ3n) is 4.75. The van der Waals surface area contributed by atoms with Crippen LogP contribution in [-0.2, 0) is 4.79 Å². The Balaban J connectivity index is 1.66. The molecule has 0 aromatic heterocycles.